The SMILES string of the molecule is Cc1ccccc1NS(=O)(=O)c1cc(C(=O)NCc2ccc(Cl)cc2)ccc1C. The quantitative estimate of drug-likeness (QED) is 0.598. The highest BCUT2D eigenvalue weighted by atomic mass is 35.5. The molecule has 0 aromatic heterocycles. The Hall–Kier alpha value is -2.83. The summed E-state index contributed by atoms with van der Waals surface area (Å²) < 4.78 is 28.4. The van der Waals surface area contributed by atoms with Crippen molar-refractivity contribution in [1.29, 1.82) is 0 Å². The van der Waals surface area contributed by atoms with Crippen LogP contribution in [0.15, 0.2) is 71.6 Å². The lowest BCUT2D eigenvalue weighted by Crippen LogP contribution is -2.23. The van der Waals surface area contributed by atoms with Crippen LogP contribution in [0.3, 0.4) is 0 Å². The number of benzene rings is 3. The van der Waals surface area contributed by atoms with Crippen LogP contribution in [-0.2, 0) is 16.6 Å². The van der Waals surface area contributed by atoms with E-state index in [1.165, 1.54) is 6.07 Å². The molecule has 0 saturated carbocycles. The number of carbonyl (C=O) groups excluding carboxylic acids is 1. The second-order valence-corrected chi connectivity index (χ2v) is 8.80. The van der Waals surface area contributed by atoms with Gasteiger partial charge in [-0.05, 0) is 60.9 Å². The summed E-state index contributed by atoms with van der Waals surface area (Å²) in [6.45, 7) is 3.83. The number of anilines is 1. The maximum atomic E-state index is 12.9. The number of hydrogen-bond acceptors (Lipinski definition) is 3. The van der Waals surface area contributed by atoms with E-state index in [4.69, 9.17) is 11.6 Å². The molecule has 0 aliphatic carbocycles. The van der Waals surface area contributed by atoms with Crippen molar-refractivity contribution in [3.05, 3.63) is 94.0 Å². The summed E-state index contributed by atoms with van der Waals surface area (Å²) in [6, 6.07) is 18.9. The van der Waals surface area contributed by atoms with E-state index in [-0.39, 0.29) is 16.4 Å². The van der Waals surface area contributed by atoms with Crippen molar-refractivity contribution in [2.24, 2.45) is 0 Å². The average molecular weight is 429 g/mol. The van der Waals surface area contributed by atoms with Gasteiger partial charge in [-0.1, -0.05) is 48.0 Å². The molecule has 0 atom stereocenters. The van der Waals surface area contributed by atoms with E-state index in [1.807, 2.05) is 31.2 Å². The van der Waals surface area contributed by atoms with Crippen LogP contribution in [0.5, 0.6) is 0 Å². The van der Waals surface area contributed by atoms with Gasteiger partial charge in [0, 0.05) is 17.1 Å². The molecule has 3 rings (SSSR count). The molecule has 0 fully saturated rings. The van der Waals surface area contributed by atoms with Crippen LogP contribution < -0.4 is 10.0 Å². The fraction of sp³-hybridized carbons (Fsp3) is 0.136. The van der Waals surface area contributed by atoms with Crippen LogP contribution in [0.25, 0.3) is 0 Å². The van der Waals surface area contributed by atoms with Crippen LogP contribution in [0.2, 0.25) is 5.02 Å². The molecule has 0 radical (unpaired) electrons. The first-order chi connectivity index (χ1) is 13.8. The molecule has 0 heterocycles. The molecule has 3 aromatic carbocycles. The average Bonchev–Trinajstić information content (AvgIpc) is 2.69. The van der Waals surface area contributed by atoms with Gasteiger partial charge in [0.1, 0.15) is 0 Å². The third-order valence-electron chi connectivity index (χ3n) is 4.50. The lowest BCUT2D eigenvalue weighted by molar-refractivity contribution is 0.0950. The molecule has 0 spiro atoms. The summed E-state index contributed by atoms with van der Waals surface area (Å²) in [7, 11) is -3.84. The Morgan fingerprint density at radius 1 is 0.931 bits per heavy atom. The van der Waals surface area contributed by atoms with E-state index in [1.54, 1.807) is 43.3 Å². The lowest BCUT2D eigenvalue weighted by Gasteiger charge is -2.13. The maximum absolute atomic E-state index is 12.9. The van der Waals surface area contributed by atoms with Gasteiger partial charge < -0.3 is 5.32 Å². The van der Waals surface area contributed by atoms with Crippen molar-refractivity contribution in [2.75, 3.05) is 4.72 Å². The molecular formula is C22H21ClN2O3S. The molecule has 150 valence electrons. The van der Waals surface area contributed by atoms with Crippen molar-refractivity contribution in [1.82, 2.24) is 5.32 Å². The zero-order valence-electron chi connectivity index (χ0n) is 16.1. The van der Waals surface area contributed by atoms with Crippen LogP contribution in [0.4, 0.5) is 5.69 Å². The summed E-state index contributed by atoms with van der Waals surface area (Å²) >= 11 is 5.86. The van der Waals surface area contributed by atoms with Gasteiger partial charge in [-0.15, -0.1) is 0 Å². The Balaban J connectivity index is 1.80. The minimum Gasteiger partial charge on any atom is -0.348 e. The standard InChI is InChI=1S/C22H21ClN2O3S/c1-15-5-3-4-6-20(15)25-29(27,28)21-13-18(10-7-16(21)2)22(26)24-14-17-8-11-19(23)12-9-17/h3-13,25H,14H2,1-2H3,(H,24,26). The zero-order chi connectivity index (χ0) is 21.0. The number of aryl methyl sites for hydroxylation is 2. The third-order valence-corrected chi connectivity index (χ3v) is 6.26. The van der Waals surface area contributed by atoms with Crippen LogP contribution in [0.1, 0.15) is 27.0 Å². The second-order valence-electron chi connectivity index (χ2n) is 6.71. The number of carbonyl (C=O) groups is 1. The van der Waals surface area contributed by atoms with Crippen LogP contribution in [-0.4, -0.2) is 14.3 Å². The fourth-order valence-corrected chi connectivity index (χ4v) is 4.33. The first-order valence-corrected chi connectivity index (χ1v) is 10.8. The Labute approximate surface area is 175 Å². The Morgan fingerprint density at radius 2 is 1.62 bits per heavy atom. The molecule has 1 amide bonds. The van der Waals surface area contributed by atoms with E-state index in [9.17, 15) is 13.2 Å². The number of rotatable bonds is 6. The topological polar surface area (TPSA) is 75.3 Å². The number of amides is 1. The predicted octanol–water partition coefficient (Wildman–Crippen LogP) is 4.69. The fourth-order valence-electron chi connectivity index (χ4n) is 2.80. The Bertz CT molecular complexity index is 1140. The molecule has 0 aliphatic heterocycles. The van der Waals surface area contributed by atoms with Gasteiger partial charge in [-0.2, -0.15) is 0 Å². The highest BCUT2D eigenvalue weighted by Crippen LogP contribution is 2.23. The molecule has 0 aliphatic rings. The van der Waals surface area contributed by atoms with Gasteiger partial charge in [0.2, 0.25) is 0 Å². The third kappa shape index (κ3) is 5.16. The first-order valence-electron chi connectivity index (χ1n) is 8.98. The smallest absolute Gasteiger partial charge is 0.262 e. The van der Waals surface area contributed by atoms with Crippen molar-refractivity contribution < 1.29 is 13.2 Å². The van der Waals surface area contributed by atoms with Gasteiger partial charge >= 0.3 is 0 Å². The van der Waals surface area contributed by atoms with E-state index in [0.29, 0.717) is 22.8 Å². The largest absolute Gasteiger partial charge is 0.348 e. The lowest BCUT2D eigenvalue weighted by atomic mass is 10.1. The molecule has 7 heteroatoms. The summed E-state index contributed by atoms with van der Waals surface area (Å²) in [4.78, 5) is 12.6. The molecule has 2 N–H and O–H groups in total. The van der Waals surface area contributed by atoms with Gasteiger partial charge in [-0.3, -0.25) is 9.52 Å². The molecule has 0 saturated heterocycles. The van der Waals surface area contributed by atoms with Gasteiger partial charge in [0.05, 0.1) is 10.6 Å². The molecule has 5 nitrogen and oxygen atoms in total. The summed E-state index contributed by atoms with van der Waals surface area (Å²) in [5, 5.41) is 3.41. The molecule has 3 aromatic rings. The molecule has 29 heavy (non-hydrogen) atoms. The highest BCUT2D eigenvalue weighted by molar-refractivity contribution is 7.92. The van der Waals surface area contributed by atoms with Crippen LogP contribution >= 0.6 is 11.6 Å². The second kappa shape index (κ2) is 8.68. The molecule has 0 unspecified atom stereocenters. The highest BCUT2D eigenvalue weighted by Gasteiger charge is 2.20. The molecular weight excluding hydrogens is 408 g/mol. The van der Waals surface area contributed by atoms with E-state index < -0.39 is 10.0 Å². The van der Waals surface area contributed by atoms with Gasteiger partial charge in [-0.25, -0.2) is 8.42 Å². The van der Waals surface area contributed by atoms with E-state index >= 15 is 0 Å². The Kier molecular flexibility index (Phi) is 6.25. The minimum absolute atomic E-state index is 0.0693. The predicted molar refractivity (Wildman–Crippen MR) is 116 cm³/mol. The van der Waals surface area contributed by atoms with Crippen molar-refractivity contribution in [3.8, 4) is 0 Å². The van der Waals surface area contributed by atoms with E-state index in [0.717, 1.165) is 11.1 Å². The van der Waals surface area contributed by atoms with Crippen molar-refractivity contribution >= 4 is 33.2 Å². The summed E-state index contributed by atoms with van der Waals surface area (Å²) in [5.41, 5.74) is 3.04. The number of para-hydroxylation sites is 1. The van der Waals surface area contributed by atoms with Crippen molar-refractivity contribution in [2.45, 2.75) is 25.3 Å². The monoisotopic (exact) mass is 428 g/mol. The summed E-state index contributed by atoms with van der Waals surface area (Å²) in [6.07, 6.45) is 0. The summed E-state index contributed by atoms with van der Waals surface area (Å²) in [5.74, 6) is -0.354. The number of halogens is 1. The minimum atomic E-state index is -3.84. The van der Waals surface area contributed by atoms with E-state index in [2.05, 4.69) is 10.0 Å². The Morgan fingerprint density at radius 3 is 2.31 bits per heavy atom. The number of nitrogens with one attached hydrogen (secondary N) is 2. The van der Waals surface area contributed by atoms with Crippen molar-refractivity contribution in [3.63, 3.8) is 0 Å². The number of sulfonamides is 1. The van der Waals surface area contributed by atoms with Crippen LogP contribution in [0, 0.1) is 13.8 Å². The van der Waals surface area contributed by atoms with Gasteiger partial charge in [0.15, 0.2) is 0 Å². The van der Waals surface area contributed by atoms with Gasteiger partial charge in [0.25, 0.3) is 15.9 Å². The zero-order valence-corrected chi connectivity index (χ0v) is 17.6. The molecule has 0 bridgehead atoms. The maximum Gasteiger partial charge on any atom is 0.262 e. The normalized spacial score (nSPS) is 11.1. The number of hydrogen-bond donors (Lipinski definition) is 2. The first kappa shape index (κ1) is 20.9.